The van der Waals surface area contributed by atoms with Crippen LogP contribution in [0.5, 0.6) is 0 Å². The smallest absolute Gasteiger partial charge is 0.744 e. The van der Waals surface area contributed by atoms with Gasteiger partial charge in [-0.15, -0.1) is 0 Å². The second-order valence-electron chi connectivity index (χ2n) is 7.57. The summed E-state index contributed by atoms with van der Waals surface area (Å²) in [5.41, 5.74) is 11.0. The molecule has 0 unspecified atom stereocenters. The molecule has 2 heterocycles. The Bertz CT molecular complexity index is 1710. The number of nitrogens with zero attached hydrogens (tertiary/aromatic N) is 6. The van der Waals surface area contributed by atoms with Gasteiger partial charge >= 0.3 is 37.7 Å². The molecule has 41 heavy (non-hydrogen) atoms. The van der Waals surface area contributed by atoms with Gasteiger partial charge < -0.3 is 31.2 Å². The average Bonchev–Trinajstić information content (AvgIpc) is 2.81. The van der Waals surface area contributed by atoms with Gasteiger partial charge in [0.05, 0.1) is 9.79 Å². The number of nitrogen functional groups attached to an aromatic ring is 2. The van der Waals surface area contributed by atoms with Gasteiger partial charge in [-0.1, -0.05) is 24.3 Å². The van der Waals surface area contributed by atoms with Gasteiger partial charge in [-0.25, -0.2) is 16.8 Å². The van der Waals surface area contributed by atoms with E-state index < -0.39 is 30.0 Å². The summed E-state index contributed by atoms with van der Waals surface area (Å²) < 4.78 is 71.9. The summed E-state index contributed by atoms with van der Waals surface area (Å²) in [6, 6.07) is 7.27. The minimum absolute atomic E-state index is 0. The largest absolute Gasteiger partial charge is 2.00 e. The van der Waals surface area contributed by atoms with Crippen molar-refractivity contribution in [2.24, 2.45) is 0 Å². The van der Waals surface area contributed by atoms with Gasteiger partial charge in [-0.05, 0) is 58.6 Å². The fourth-order valence-electron chi connectivity index (χ4n) is 3.21. The minimum Gasteiger partial charge on any atom is -0.744 e. The number of hydrogen-bond donors (Lipinski definition) is 4. The van der Waals surface area contributed by atoms with E-state index in [1.54, 1.807) is 0 Å². The predicted molar refractivity (Wildman–Crippen MR) is 149 cm³/mol. The van der Waals surface area contributed by atoms with Crippen molar-refractivity contribution in [2.45, 2.75) is 9.79 Å². The fraction of sp³-hybridized carbons (Fsp3) is 0. The van der Waals surface area contributed by atoms with Crippen LogP contribution in [-0.4, -0.2) is 93.6 Å². The molecule has 208 valence electrons. The molecule has 2 aromatic carbocycles. The Morgan fingerprint density at radius 3 is 1.34 bits per heavy atom. The third-order valence-electron chi connectivity index (χ3n) is 4.77. The van der Waals surface area contributed by atoms with E-state index in [1.165, 1.54) is 24.3 Å². The van der Waals surface area contributed by atoms with Crippen molar-refractivity contribution < 1.29 is 25.9 Å². The van der Waals surface area contributed by atoms with E-state index >= 15 is 0 Å². The number of hydrogen-bond acceptors (Lipinski definition) is 16. The minimum atomic E-state index is -5.03. The number of anilines is 6. The van der Waals surface area contributed by atoms with Crippen molar-refractivity contribution in [2.75, 3.05) is 22.1 Å². The first-order valence-corrected chi connectivity index (χ1v) is 14.0. The van der Waals surface area contributed by atoms with E-state index in [-0.39, 0.29) is 94.6 Å². The Hall–Kier alpha value is -2.94. The van der Waals surface area contributed by atoms with Crippen LogP contribution < -0.4 is 22.1 Å². The Balaban J connectivity index is 0.00000462. The Labute approximate surface area is 272 Å². The molecule has 0 aliphatic heterocycles. The van der Waals surface area contributed by atoms with Gasteiger partial charge in [-0.3, -0.25) is 0 Å². The SMILES string of the molecule is Nc1nc(Cl)nc(Nc2ccc(C=Cc3ccc(Nc4nc(N)nc(Cl)n4)cc3S(=O)(=O)[O-])c(S(=O)(=O)[O-])c2)n1.[Ca+2]. The van der Waals surface area contributed by atoms with E-state index in [9.17, 15) is 25.9 Å². The predicted octanol–water partition coefficient (Wildman–Crippen LogP) is 1.61. The van der Waals surface area contributed by atoms with Gasteiger partial charge in [0.2, 0.25) is 34.4 Å². The van der Waals surface area contributed by atoms with Crippen LogP contribution in [0.15, 0.2) is 46.2 Å². The Morgan fingerprint density at radius 1 is 0.659 bits per heavy atom. The van der Waals surface area contributed by atoms with Crippen molar-refractivity contribution in [1.82, 2.24) is 29.9 Å². The average molecular weight is 666 g/mol. The Kier molecular flexibility index (Phi) is 10.3. The van der Waals surface area contributed by atoms with Crippen LogP contribution in [0.25, 0.3) is 12.2 Å². The summed E-state index contributed by atoms with van der Waals surface area (Å²) in [5.74, 6) is -0.636. The second-order valence-corrected chi connectivity index (χ2v) is 10.9. The third-order valence-corrected chi connectivity index (χ3v) is 6.89. The van der Waals surface area contributed by atoms with Crippen molar-refractivity contribution in [3.63, 3.8) is 0 Å². The van der Waals surface area contributed by atoms with Crippen LogP contribution >= 0.6 is 23.2 Å². The maximum Gasteiger partial charge on any atom is 2.00 e. The van der Waals surface area contributed by atoms with Crippen LogP contribution in [0.3, 0.4) is 0 Å². The van der Waals surface area contributed by atoms with E-state index in [1.807, 2.05) is 0 Å². The molecule has 0 saturated carbocycles. The number of nitrogens with two attached hydrogens (primary N) is 2. The first kappa shape index (κ1) is 32.6. The molecule has 4 rings (SSSR count). The van der Waals surface area contributed by atoms with Crippen LogP contribution in [0, 0.1) is 0 Å². The molecule has 21 heteroatoms. The fourth-order valence-corrected chi connectivity index (χ4v) is 4.94. The van der Waals surface area contributed by atoms with Crippen molar-refractivity contribution in [3.8, 4) is 0 Å². The zero-order valence-electron chi connectivity index (χ0n) is 20.2. The van der Waals surface area contributed by atoms with E-state index in [0.717, 1.165) is 24.3 Å². The zero-order valence-corrected chi connectivity index (χ0v) is 25.5. The Morgan fingerprint density at radius 2 is 1.02 bits per heavy atom. The van der Waals surface area contributed by atoms with Crippen LogP contribution in [-0.2, 0) is 20.2 Å². The summed E-state index contributed by atoms with van der Waals surface area (Å²) in [4.78, 5) is 21.0. The molecule has 0 atom stereocenters. The van der Waals surface area contributed by atoms with Crippen LogP contribution in [0.4, 0.5) is 35.2 Å². The van der Waals surface area contributed by atoms with Crippen LogP contribution in [0.1, 0.15) is 11.1 Å². The van der Waals surface area contributed by atoms with E-state index in [2.05, 4.69) is 40.5 Å². The molecule has 4 aromatic rings. The summed E-state index contributed by atoms with van der Waals surface area (Å²) in [6.07, 6.45) is 2.30. The maximum atomic E-state index is 12.0. The van der Waals surface area contributed by atoms with Crippen LogP contribution in [0.2, 0.25) is 10.6 Å². The number of halogens is 2. The van der Waals surface area contributed by atoms with Crippen molar-refractivity contribution in [3.05, 3.63) is 58.1 Å². The normalized spacial score (nSPS) is 11.7. The molecule has 2 aromatic heterocycles. The maximum absolute atomic E-state index is 12.0. The molecule has 6 N–H and O–H groups in total. The third kappa shape index (κ3) is 8.77. The molecule has 0 aliphatic rings. The monoisotopic (exact) mass is 664 g/mol. The topological polar surface area (TPSA) is 268 Å². The standard InChI is InChI=1S/C20H16Cl2N10O6S2.Ca/c21-15-27-17(23)31-19(29-15)25-11-5-3-9(13(7-11)39(33,34)35)1-2-10-4-6-12(8-14(10)40(36,37)38)26-20-30-16(22)28-18(24)32-20;/h1-8H,(H,33,34,35)(H,36,37,38)(H3,23,25,27,29,31)(H3,24,26,28,30,32);/q;+2/p-2. The van der Waals surface area contributed by atoms with Crippen molar-refractivity contribution in [1.29, 1.82) is 0 Å². The van der Waals surface area contributed by atoms with E-state index in [4.69, 9.17) is 34.7 Å². The first-order valence-electron chi connectivity index (χ1n) is 10.4. The molecule has 0 amide bonds. The summed E-state index contributed by atoms with van der Waals surface area (Å²) in [5, 5.41) is 4.85. The first-order chi connectivity index (χ1) is 18.7. The van der Waals surface area contributed by atoms with Crippen molar-refractivity contribution >= 4 is 128 Å². The van der Waals surface area contributed by atoms with E-state index in [0.29, 0.717) is 0 Å². The molecule has 16 nitrogen and oxygen atoms in total. The molecule has 0 aliphatic carbocycles. The van der Waals surface area contributed by atoms with Gasteiger partial charge in [0.1, 0.15) is 20.2 Å². The van der Waals surface area contributed by atoms with Gasteiger partial charge in [-0.2, -0.15) is 29.9 Å². The molecule has 0 bridgehead atoms. The number of nitrogens with one attached hydrogen (secondary N) is 2. The molecule has 0 saturated heterocycles. The zero-order chi connectivity index (χ0) is 29.2. The number of benzene rings is 2. The molecular formula is C20H14CaCl2N10O6S2. The summed E-state index contributed by atoms with van der Waals surface area (Å²) in [6.45, 7) is 0. The number of rotatable bonds is 8. The molecule has 0 fully saturated rings. The van der Waals surface area contributed by atoms with Gasteiger partial charge in [0.25, 0.3) is 0 Å². The molecule has 0 radical (unpaired) electrons. The summed E-state index contributed by atoms with van der Waals surface area (Å²) >= 11 is 11.5. The van der Waals surface area contributed by atoms with Gasteiger partial charge in [0, 0.05) is 11.4 Å². The second kappa shape index (κ2) is 12.9. The van der Waals surface area contributed by atoms with Gasteiger partial charge in [0.15, 0.2) is 0 Å². The molecule has 0 spiro atoms. The quantitative estimate of drug-likeness (QED) is 0.118. The molecular weight excluding hydrogens is 651 g/mol. The number of aromatic nitrogens is 6. The summed E-state index contributed by atoms with van der Waals surface area (Å²) in [7, 11) is -10.1.